The molecule has 0 spiro atoms. The molecule has 1 heterocycles. The van der Waals surface area contributed by atoms with Crippen molar-refractivity contribution < 1.29 is 4.74 Å². The Labute approximate surface area is 99.4 Å². The van der Waals surface area contributed by atoms with Gasteiger partial charge in [-0.2, -0.15) is 0 Å². The second kappa shape index (κ2) is 4.58. The Bertz CT molecular complexity index is 494. The summed E-state index contributed by atoms with van der Waals surface area (Å²) in [5, 5.41) is 0.426. The molecule has 0 saturated carbocycles. The van der Waals surface area contributed by atoms with Gasteiger partial charge in [-0.1, -0.05) is 19.1 Å². The molecule has 0 amide bonds. The molecular weight excluding hydrogens is 224 g/mol. The van der Waals surface area contributed by atoms with Crippen molar-refractivity contribution in [2.24, 2.45) is 0 Å². The fraction of sp³-hybridized carbons (Fsp3) is 0.250. The molecule has 0 atom stereocenters. The topological polar surface area (TPSA) is 37.9 Å². The standard InChI is InChI=1S/C12H13ClN2O/c1-3-10-11(15-12(13)14-10)8-5-4-6-9(7-8)16-2/h4-7H,3H2,1-2H3,(H,14,15). The van der Waals surface area contributed by atoms with Gasteiger partial charge in [0.1, 0.15) is 5.75 Å². The Morgan fingerprint density at radius 2 is 2.25 bits per heavy atom. The molecule has 0 aliphatic carbocycles. The first-order valence-corrected chi connectivity index (χ1v) is 5.51. The van der Waals surface area contributed by atoms with Crippen LogP contribution in [0.4, 0.5) is 0 Å². The fourth-order valence-electron chi connectivity index (χ4n) is 1.64. The highest BCUT2D eigenvalue weighted by molar-refractivity contribution is 6.28. The number of halogens is 1. The van der Waals surface area contributed by atoms with Gasteiger partial charge in [0.25, 0.3) is 0 Å². The number of hydrogen-bond donors (Lipinski definition) is 1. The lowest BCUT2D eigenvalue weighted by Crippen LogP contribution is -1.87. The molecule has 0 aliphatic heterocycles. The summed E-state index contributed by atoms with van der Waals surface area (Å²) in [5.74, 6) is 0.818. The molecule has 16 heavy (non-hydrogen) atoms. The molecule has 1 N–H and O–H groups in total. The van der Waals surface area contributed by atoms with Crippen LogP contribution in [-0.2, 0) is 6.42 Å². The van der Waals surface area contributed by atoms with E-state index < -0.39 is 0 Å². The number of H-pyrrole nitrogens is 1. The molecule has 0 fully saturated rings. The first-order valence-electron chi connectivity index (χ1n) is 5.13. The van der Waals surface area contributed by atoms with Crippen LogP contribution in [0.15, 0.2) is 24.3 Å². The quantitative estimate of drug-likeness (QED) is 0.888. The third-order valence-corrected chi connectivity index (χ3v) is 2.63. The van der Waals surface area contributed by atoms with Crippen molar-refractivity contribution in [2.75, 3.05) is 7.11 Å². The summed E-state index contributed by atoms with van der Waals surface area (Å²) in [6.45, 7) is 2.06. The Kier molecular flexibility index (Phi) is 3.15. The maximum atomic E-state index is 5.87. The normalized spacial score (nSPS) is 10.4. The second-order valence-electron chi connectivity index (χ2n) is 3.44. The molecule has 3 nitrogen and oxygen atoms in total. The van der Waals surface area contributed by atoms with Crippen LogP contribution in [0.1, 0.15) is 12.6 Å². The predicted molar refractivity (Wildman–Crippen MR) is 65.0 cm³/mol. The van der Waals surface area contributed by atoms with Gasteiger partial charge in [0.2, 0.25) is 5.28 Å². The van der Waals surface area contributed by atoms with Crippen LogP contribution in [0.25, 0.3) is 11.3 Å². The van der Waals surface area contributed by atoms with E-state index in [2.05, 4.69) is 16.9 Å². The molecule has 0 saturated heterocycles. The van der Waals surface area contributed by atoms with Crippen LogP contribution in [0, 0.1) is 0 Å². The van der Waals surface area contributed by atoms with Gasteiger partial charge in [-0.15, -0.1) is 0 Å². The minimum atomic E-state index is 0.426. The van der Waals surface area contributed by atoms with Gasteiger partial charge in [0.05, 0.1) is 12.8 Å². The van der Waals surface area contributed by atoms with Gasteiger partial charge in [-0.3, -0.25) is 0 Å². The van der Waals surface area contributed by atoms with Crippen LogP contribution < -0.4 is 4.74 Å². The summed E-state index contributed by atoms with van der Waals surface area (Å²) in [6, 6.07) is 7.79. The Balaban J connectivity index is 2.48. The maximum Gasteiger partial charge on any atom is 0.200 e. The average molecular weight is 237 g/mol. The molecule has 2 aromatic rings. The summed E-state index contributed by atoms with van der Waals surface area (Å²) in [4.78, 5) is 7.33. The third-order valence-electron chi connectivity index (χ3n) is 2.45. The zero-order valence-electron chi connectivity index (χ0n) is 9.25. The minimum absolute atomic E-state index is 0.426. The number of benzene rings is 1. The average Bonchev–Trinajstić information content (AvgIpc) is 2.70. The van der Waals surface area contributed by atoms with E-state index in [9.17, 15) is 0 Å². The van der Waals surface area contributed by atoms with Gasteiger partial charge in [-0.05, 0) is 30.2 Å². The number of ether oxygens (including phenoxy) is 1. The highest BCUT2D eigenvalue weighted by atomic mass is 35.5. The van der Waals surface area contributed by atoms with Crippen LogP contribution >= 0.6 is 11.6 Å². The molecule has 2 rings (SSSR count). The molecule has 1 aromatic carbocycles. The van der Waals surface area contributed by atoms with Crippen LogP contribution in [-0.4, -0.2) is 17.1 Å². The minimum Gasteiger partial charge on any atom is -0.497 e. The molecule has 0 bridgehead atoms. The molecule has 1 aromatic heterocycles. The van der Waals surface area contributed by atoms with Crippen molar-refractivity contribution >= 4 is 11.6 Å². The Hall–Kier alpha value is -1.48. The number of nitrogens with one attached hydrogen (secondary N) is 1. The fourth-order valence-corrected chi connectivity index (χ4v) is 1.84. The van der Waals surface area contributed by atoms with Crippen molar-refractivity contribution in [3.8, 4) is 17.0 Å². The number of aromatic amines is 1. The van der Waals surface area contributed by atoms with Gasteiger partial charge in [-0.25, -0.2) is 4.98 Å². The van der Waals surface area contributed by atoms with Gasteiger partial charge >= 0.3 is 0 Å². The summed E-state index contributed by atoms with van der Waals surface area (Å²) in [7, 11) is 1.65. The predicted octanol–water partition coefficient (Wildman–Crippen LogP) is 3.30. The molecular formula is C12H13ClN2O. The lowest BCUT2D eigenvalue weighted by molar-refractivity contribution is 0.415. The van der Waals surface area contributed by atoms with E-state index in [0.717, 1.165) is 29.1 Å². The zero-order chi connectivity index (χ0) is 11.5. The van der Waals surface area contributed by atoms with E-state index in [4.69, 9.17) is 16.3 Å². The summed E-state index contributed by atoms with van der Waals surface area (Å²) >= 11 is 5.87. The number of rotatable bonds is 3. The van der Waals surface area contributed by atoms with Crippen LogP contribution in [0.2, 0.25) is 5.28 Å². The summed E-state index contributed by atoms with van der Waals surface area (Å²) in [6.07, 6.45) is 0.867. The summed E-state index contributed by atoms with van der Waals surface area (Å²) < 4.78 is 5.19. The van der Waals surface area contributed by atoms with Gasteiger partial charge in [0, 0.05) is 11.3 Å². The van der Waals surface area contributed by atoms with E-state index in [-0.39, 0.29) is 0 Å². The monoisotopic (exact) mass is 236 g/mol. The first-order chi connectivity index (χ1) is 7.74. The largest absolute Gasteiger partial charge is 0.497 e. The van der Waals surface area contributed by atoms with E-state index in [1.165, 1.54) is 0 Å². The number of methoxy groups -OCH3 is 1. The van der Waals surface area contributed by atoms with Crippen molar-refractivity contribution in [1.29, 1.82) is 0 Å². The molecule has 0 radical (unpaired) electrons. The van der Waals surface area contributed by atoms with Crippen LogP contribution in [0.5, 0.6) is 5.75 Å². The number of aromatic nitrogens is 2. The molecule has 0 aliphatic rings. The smallest absolute Gasteiger partial charge is 0.200 e. The van der Waals surface area contributed by atoms with E-state index in [1.807, 2.05) is 24.3 Å². The van der Waals surface area contributed by atoms with Gasteiger partial charge in [0.15, 0.2) is 0 Å². The lowest BCUT2D eigenvalue weighted by Gasteiger charge is -2.03. The number of imidazole rings is 1. The Morgan fingerprint density at radius 3 is 2.94 bits per heavy atom. The lowest BCUT2D eigenvalue weighted by atomic mass is 10.1. The molecule has 84 valence electrons. The van der Waals surface area contributed by atoms with Gasteiger partial charge < -0.3 is 9.72 Å². The molecule has 4 heteroatoms. The van der Waals surface area contributed by atoms with Crippen molar-refractivity contribution in [1.82, 2.24) is 9.97 Å². The number of aryl methyl sites for hydroxylation is 1. The first kappa shape index (κ1) is 11.0. The van der Waals surface area contributed by atoms with E-state index in [1.54, 1.807) is 7.11 Å². The van der Waals surface area contributed by atoms with Crippen molar-refractivity contribution in [3.05, 3.63) is 35.2 Å². The highest BCUT2D eigenvalue weighted by Crippen LogP contribution is 2.26. The maximum absolute atomic E-state index is 5.87. The molecule has 0 unspecified atom stereocenters. The van der Waals surface area contributed by atoms with E-state index in [0.29, 0.717) is 5.28 Å². The Morgan fingerprint density at radius 1 is 1.44 bits per heavy atom. The van der Waals surface area contributed by atoms with Crippen LogP contribution in [0.3, 0.4) is 0 Å². The third kappa shape index (κ3) is 2.04. The second-order valence-corrected chi connectivity index (χ2v) is 3.80. The highest BCUT2D eigenvalue weighted by Gasteiger charge is 2.10. The number of nitrogens with zero attached hydrogens (tertiary/aromatic N) is 1. The van der Waals surface area contributed by atoms with E-state index >= 15 is 0 Å². The van der Waals surface area contributed by atoms with Crippen molar-refractivity contribution in [2.45, 2.75) is 13.3 Å². The SMILES string of the molecule is CCc1[nH]c(Cl)nc1-c1cccc(OC)c1. The number of hydrogen-bond acceptors (Lipinski definition) is 2. The van der Waals surface area contributed by atoms with Crippen molar-refractivity contribution in [3.63, 3.8) is 0 Å². The summed E-state index contributed by atoms with van der Waals surface area (Å²) in [5.41, 5.74) is 2.95. The zero-order valence-corrected chi connectivity index (χ0v) is 10.0.